The third-order valence-electron chi connectivity index (χ3n) is 3.95. The van der Waals surface area contributed by atoms with Crippen molar-refractivity contribution in [3.8, 4) is 11.5 Å². The van der Waals surface area contributed by atoms with Crippen LogP contribution < -0.4 is 9.47 Å². The van der Waals surface area contributed by atoms with Crippen LogP contribution in [0.25, 0.3) is 6.08 Å². The Morgan fingerprint density at radius 2 is 1.71 bits per heavy atom. The van der Waals surface area contributed by atoms with Crippen molar-refractivity contribution in [2.45, 2.75) is 26.2 Å². The minimum absolute atomic E-state index is 0.178. The number of carbonyl (C=O) groups excluding carboxylic acids is 2. The molecule has 1 heterocycles. The van der Waals surface area contributed by atoms with Crippen LogP contribution in [-0.4, -0.2) is 24.8 Å². The molecule has 0 atom stereocenters. The van der Waals surface area contributed by atoms with Crippen molar-refractivity contribution in [2.75, 3.05) is 7.11 Å². The van der Waals surface area contributed by atoms with Gasteiger partial charge in [0.15, 0.2) is 0 Å². The Labute approximate surface area is 167 Å². The van der Waals surface area contributed by atoms with E-state index in [0.717, 1.165) is 5.56 Å². The quantitative estimate of drug-likeness (QED) is 0.425. The Kier molecular flexibility index (Phi) is 5.61. The first kappa shape index (κ1) is 19.8. The van der Waals surface area contributed by atoms with Crippen molar-refractivity contribution < 1.29 is 28.5 Å². The summed E-state index contributed by atoms with van der Waals surface area (Å²) in [5, 5.41) is 0.495. The number of halogens is 1. The zero-order valence-electron chi connectivity index (χ0n) is 15.7. The Balaban J connectivity index is 1.86. The standard InChI is InChI=1S/C21H19ClO6/c1-21(2)27-19(23)15(20(24)28-21)11-13-8-9-17(25-3)14(10-13)12-26-18-7-5-4-6-16(18)22/h4-11H,12H2,1-3H3. The smallest absolute Gasteiger partial charge is 0.348 e. The number of para-hydroxylation sites is 1. The fourth-order valence-electron chi connectivity index (χ4n) is 2.66. The summed E-state index contributed by atoms with van der Waals surface area (Å²) < 4.78 is 21.3. The predicted octanol–water partition coefficient (Wildman–Crippen LogP) is 4.15. The molecule has 28 heavy (non-hydrogen) atoms. The van der Waals surface area contributed by atoms with Gasteiger partial charge in [-0.2, -0.15) is 0 Å². The molecule has 2 aromatic rings. The Bertz CT molecular complexity index is 926. The molecule has 1 aliphatic rings. The van der Waals surface area contributed by atoms with Gasteiger partial charge in [0.05, 0.1) is 12.1 Å². The number of methoxy groups -OCH3 is 1. The molecule has 0 saturated carbocycles. The molecule has 6 nitrogen and oxygen atoms in total. The van der Waals surface area contributed by atoms with Crippen LogP contribution >= 0.6 is 11.6 Å². The summed E-state index contributed by atoms with van der Waals surface area (Å²) in [6.45, 7) is 3.18. The highest BCUT2D eigenvalue weighted by atomic mass is 35.5. The molecule has 0 radical (unpaired) electrons. The summed E-state index contributed by atoms with van der Waals surface area (Å²) in [7, 11) is 1.55. The van der Waals surface area contributed by atoms with Gasteiger partial charge in [-0.15, -0.1) is 0 Å². The molecule has 0 unspecified atom stereocenters. The lowest BCUT2D eigenvalue weighted by molar-refractivity contribution is -0.222. The zero-order valence-corrected chi connectivity index (χ0v) is 16.4. The molecule has 0 aromatic heterocycles. The fourth-order valence-corrected chi connectivity index (χ4v) is 2.85. The average molecular weight is 403 g/mol. The van der Waals surface area contributed by atoms with Crippen molar-refractivity contribution in [3.63, 3.8) is 0 Å². The number of cyclic esters (lactones) is 2. The highest BCUT2D eigenvalue weighted by molar-refractivity contribution is 6.32. The van der Waals surface area contributed by atoms with Crippen molar-refractivity contribution in [1.82, 2.24) is 0 Å². The first-order chi connectivity index (χ1) is 13.3. The van der Waals surface area contributed by atoms with Crippen LogP contribution in [0.3, 0.4) is 0 Å². The third-order valence-corrected chi connectivity index (χ3v) is 4.26. The monoisotopic (exact) mass is 402 g/mol. The van der Waals surface area contributed by atoms with Crippen LogP contribution in [0.4, 0.5) is 0 Å². The van der Waals surface area contributed by atoms with Crippen LogP contribution in [0.1, 0.15) is 25.0 Å². The summed E-state index contributed by atoms with van der Waals surface area (Å²) in [5.41, 5.74) is 1.14. The summed E-state index contributed by atoms with van der Waals surface area (Å²) in [6.07, 6.45) is 1.42. The van der Waals surface area contributed by atoms with Gasteiger partial charge in [0.25, 0.3) is 5.79 Å². The summed E-state index contributed by atoms with van der Waals surface area (Å²) >= 11 is 6.11. The molecule has 1 fully saturated rings. The first-order valence-corrected chi connectivity index (χ1v) is 8.89. The molecular formula is C21H19ClO6. The minimum Gasteiger partial charge on any atom is -0.496 e. The second kappa shape index (κ2) is 7.94. The topological polar surface area (TPSA) is 71.1 Å². The molecule has 0 amide bonds. The second-order valence-electron chi connectivity index (χ2n) is 6.53. The van der Waals surface area contributed by atoms with E-state index in [0.29, 0.717) is 22.1 Å². The van der Waals surface area contributed by atoms with Gasteiger partial charge in [0, 0.05) is 19.4 Å². The average Bonchev–Trinajstić information content (AvgIpc) is 2.63. The Morgan fingerprint density at radius 1 is 1.04 bits per heavy atom. The predicted molar refractivity (Wildman–Crippen MR) is 103 cm³/mol. The van der Waals surface area contributed by atoms with Crippen LogP contribution in [0.5, 0.6) is 11.5 Å². The number of benzene rings is 2. The van der Waals surface area contributed by atoms with Gasteiger partial charge >= 0.3 is 11.9 Å². The van der Waals surface area contributed by atoms with Gasteiger partial charge in [-0.1, -0.05) is 29.8 Å². The molecule has 3 rings (SSSR count). The van der Waals surface area contributed by atoms with Gasteiger partial charge in [0.1, 0.15) is 23.7 Å². The maximum Gasteiger partial charge on any atom is 0.348 e. The highest BCUT2D eigenvalue weighted by Crippen LogP contribution is 2.28. The zero-order chi connectivity index (χ0) is 20.3. The Hall–Kier alpha value is -2.99. The third kappa shape index (κ3) is 4.46. The van der Waals surface area contributed by atoms with Gasteiger partial charge in [0.2, 0.25) is 0 Å². The van der Waals surface area contributed by atoms with Gasteiger partial charge < -0.3 is 18.9 Å². The summed E-state index contributed by atoms with van der Waals surface area (Å²) in [6, 6.07) is 12.3. The van der Waals surface area contributed by atoms with E-state index in [9.17, 15) is 9.59 Å². The minimum atomic E-state index is -1.28. The van der Waals surface area contributed by atoms with E-state index in [4.69, 9.17) is 30.5 Å². The van der Waals surface area contributed by atoms with Crippen LogP contribution in [-0.2, 0) is 25.7 Å². The van der Waals surface area contributed by atoms with E-state index in [1.807, 2.05) is 12.1 Å². The Morgan fingerprint density at radius 3 is 2.36 bits per heavy atom. The fraction of sp³-hybridized carbons (Fsp3) is 0.238. The number of ether oxygens (including phenoxy) is 4. The lowest BCUT2D eigenvalue weighted by atomic mass is 10.1. The SMILES string of the molecule is COc1ccc(C=C2C(=O)OC(C)(C)OC2=O)cc1COc1ccccc1Cl. The molecule has 0 aliphatic carbocycles. The van der Waals surface area contributed by atoms with Gasteiger partial charge in [-0.25, -0.2) is 9.59 Å². The maximum atomic E-state index is 12.1. The lowest BCUT2D eigenvalue weighted by Gasteiger charge is -2.29. The van der Waals surface area contributed by atoms with Crippen LogP contribution in [0, 0.1) is 0 Å². The van der Waals surface area contributed by atoms with Gasteiger partial charge in [-0.05, 0) is 35.9 Å². The number of esters is 2. The maximum absolute atomic E-state index is 12.1. The van der Waals surface area contributed by atoms with Crippen molar-refractivity contribution in [3.05, 3.63) is 64.2 Å². The molecule has 0 spiro atoms. The first-order valence-electron chi connectivity index (χ1n) is 8.52. The van der Waals surface area contributed by atoms with E-state index >= 15 is 0 Å². The number of rotatable bonds is 5. The highest BCUT2D eigenvalue weighted by Gasteiger charge is 2.38. The van der Waals surface area contributed by atoms with Crippen LogP contribution in [0.15, 0.2) is 48.0 Å². The summed E-state index contributed by atoms with van der Waals surface area (Å²) in [5.74, 6) is -1.60. The lowest BCUT2D eigenvalue weighted by Crippen LogP contribution is -2.41. The van der Waals surface area contributed by atoms with Crippen molar-refractivity contribution in [1.29, 1.82) is 0 Å². The van der Waals surface area contributed by atoms with E-state index < -0.39 is 17.7 Å². The van der Waals surface area contributed by atoms with E-state index in [1.54, 1.807) is 37.4 Å². The molecule has 7 heteroatoms. The normalized spacial score (nSPS) is 15.5. The molecule has 2 aromatic carbocycles. The molecular weight excluding hydrogens is 384 g/mol. The second-order valence-corrected chi connectivity index (χ2v) is 6.93. The van der Waals surface area contributed by atoms with Crippen molar-refractivity contribution in [2.24, 2.45) is 0 Å². The molecule has 0 bridgehead atoms. The van der Waals surface area contributed by atoms with Crippen molar-refractivity contribution >= 4 is 29.6 Å². The number of hydrogen-bond donors (Lipinski definition) is 0. The van der Waals surface area contributed by atoms with Crippen LogP contribution in [0.2, 0.25) is 5.02 Å². The largest absolute Gasteiger partial charge is 0.496 e. The number of carbonyl (C=O) groups is 2. The molecule has 0 N–H and O–H groups in total. The van der Waals surface area contributed by atoms with Gasteiger partial charge in [-0.3, -0.25) is 0 Å². The molecule has 146 valence electrons. The molecule has 1 aliphatic heterocycles. The van der Waals surface area contributed by atoms with E-state index in [1.165, 1.54) is 19.9 Å². The summed E-state index contributed by atoms with van der Waals surface area (Å²) in [4.78, 5) is 24.3. The molecule has 1 saturated heterocycles. The number of hydrogen-bond acceptors (Lipinski definition) is 6. The van der Waals surface area contributed by atoms with E-state index in [-0.39, 0.29) is 12.2 Å². The van der Waals surface area contributed by atoms with E-state index in [2.05, 4.69) is 0 Å².